The van der Waals surface area contributed by atoms with Gasteiger partial charge in [-0.2, -0.15) is 0 Å². The Balaban J connectivity index is 1.95. The smallest absolute Gasteiger partial charge is 0.240 e. The van der Waals surface area contributed by atoms with E-state index in [1.807, 2.05) is 26.0 Å². The van der Waals surface area contributed by atoms with E-state index in [2.05, 4.69) is 26.4 Å². The third-order valence-electron chi connectivity index (χ3n) is 4.15. The normalized spacial score (nSPS) is 11.9. The zero-order valence-corrected chi connectivity index (χ0v) is 17.6. The van der Waals surface area contributed by atoms with Crippen molar-refractivity contribution >= 4 is 16.0 Å². The van der Waals surface area contributed by atoms with Crippen LogP contribution < -0.4 is 20.1 Å². The van der Waals surface area contributed by atoms with Crippen molar-refractivity contribution < 1.29 is 13.2 Å². The summed E-state index contributed by atoms with van der Waals surface area (Å²) in [4.78, 5) is 4.47. The van der Waals surface area contributed by atoms with E-state index in [1.54, 1.807) is 31.3 Å². The first-order chi connectivity index (χ1) is 13.4. The molecule has 0 atom stereocenters. The van der Waals surface area contributed by atoms with Crippen LogP contribution in [0.4, 0.5) is 0 Å². The largest absolute Gasteiger partial charge is 0.494 e. The van der Waals surface area contributed by atoms with Gasteiger partial charge in [-0.3, -0.25) is 4.99 Å². The number of hydrogen-bond acceptors (Lipinski definition) is 4. The topological polar surface area (TPSA) is 91.8 Å². The Morgan fingerprint density at radius 2 is 1.75 bits per heavy atom. The second kappa shape index (κ2) is 10.1. The molecule has 0 unspecified atom stereocenters. The van der Waals surface area contributed by atoms with Crippen LogP contribution in [0, 0.1) is 6.92 Å². The van der Waals surface area contributed by atoms with Gasteiger partial charge in [0.05, 0.1) is 11.5 Å². The SMILES string of the molecule is CCOc1cc(C)ccc1CNC(=NC)NCc1ccc(S(=O)(=O)NC)cc1. The van der Waals surface area contributed by atoms with Gasteiger partial charge in [0.1, 0.15) is 5.75 Å². The van der Waals surface area contributed by atoms with Crippen molar-refractivity contribution in [1.29, 1.82) is 0 Å². The highest BCUT2D eigenvalue weighted by Gasteiger charge is 2.10. The molecule has 28 heavy (non-hydrogen) atoms. The molecule has 8 heteroatoms. The monoisotopic (exact) mass is 404 g/mol. The fourth-order valence-electron chi connectivity index (χ4n) is 2.59. The van der Waals surface area contributed by atoms with Crippen molar-refractivity contribution in [3.63, 3.8) is 0 Å². The maximum atomic E-state index is 11.8. The number of benzene rings is 2. The molecule has 2 rings (SSSR count). The van der Waals surface area contributed by atoms with Crippen LogP contribution in [0.5, 0.6) is 5.75 Å². The maximum Gasteiger partial charge on any atom is 0.240 e. The number of aliphatic imine (C=N–C) groups is 1. The Morgan fingerprint density at radius 3 is 2.36 bits per heavy atom. The van der Waals surface area contributed by atoms with Gasteiger partial charge in [-0.05, 0) is 50.2 Å². The second-order valence-corrected chi connectivity index (χ2v) is 8.06. The molecule has 7 nitrogen and oxygen atoms in total. The number of aryl methyl sites for hydroxylation is 1. The molecule has 152 valence electrons. The first-order valence-corrected chi connectivity index (χ1v) is 10.6. The van der Waals surface area contributed by atoms with Crippen molar-refractivity contribution in [3.05, 3.63) is 59.2 Å². The number of guanidine groups is 1. The lowest BCUT2D eigenvalue weighted by molar-refractivity contribution is 0.336. The standard InChI is InChI=1S/C20H28N4O3S/c1-5-27-19-12-15(2)6-9-17(19)14-24-20(21-3)23-13-16-7-10-18(11-8-16)28(25,26)22-4/h6-12,22H,5,13-14H2,1-4H3,(H2,21,23,24). The number of hydrogen-bond donors (Lipinski definition) is 3. The quantitative estimate of drug-likeness (QED) is 0.463. The van der Waals surface area contributed by atoms with Crippen LogP contribution >= 0.6 is 0 Å². The molecule has 0 saturated carbocycles. The van der Waals surface area contributed by atoms with E-state index in [-0.39, 0.29) is 4.90 Å². The van der Waals surface area contributed by atoms with E-state index in [4.69, 9.17) is 4.74 Å². The highest BCUT2D eigenvalue weighted by Crippen LogP contribution is 2.20. The Morgan fingerprint density at radius 1 is 1.07 bits per heavy atom. The van der Waals surface area contributed by atoms with Crippen LogP contribution in [0.15, 0.2) is 52.4 Å². The van der Waals surface area contributed by atoms with Gasteiger partial charge in [-0.1, -0.05) is 24.3 Å². The first-order valence-electron chi connectivity index (χ1n) is 9.09. The average Bonchev–Trinajstić information content (AvgIpc) is 2.70. The summed E-state index contributed by atoms with van der Waals surface area (Å²) in [5.74, 6) is 1.52. The van der Waals surface area contributed by atoms with Crippen LogP contribution in [0.25, 0.3) is 0 Å². The molecule has 2 aromatic carbocycles. The van der Waals surface area contributed by atoms with Gasteiger partial charge in [0.2, 0.25) is 10.0 Å². The molecule has 0 aromatic heterocycles. The molecule has 3 N–H and O–H groups in total. The summed E-state index contributed by atoms with van der Waals surface area (Å²) in [6.45, 7) is 5.71. The van der Waals surface area contributed by atoms with Gasteiger partial charge in [-0.25, -0.2) is 13.1 Å². The van der Waals surface area contributed by atoms with Crippen molar-refractivity contribution in [1.82, 2.24) is 15.4 Å². The molecule has 0 saturated heterocycles. The predicted molar refractivity (Wildman–Crippen MR) is 112 cm³/mol. The van der Waals surface area contributed by atoms with Crippen molar-refractivity contribution in [2.45, 2.75) is 31.8 Å². The molecule has 0 aliphatic rings. The van der Waals surface area contributed by atoms with Crippen molar-refractivity contribution in [2.75, 3.05) is 20.7 Å². The van der Waals surface area contributed by atoms with Gasteiger partial charge in [0.25, 0.3) is 0 Å². The van der Waals surface area contributed by atoms with Gasteiger partial charge < -0.3 is 15.4 Å². The minimum Gasteiger partial charge on any atom is -0.494 e. The molecule has 0 heterocycles. The predicted octanol–water partition coefficient (Wildman–Crippen LogP) is 2.17. The molecular weight excluding hydrogens is 376 g/mol. The van der Waals surface area contributed by atoms with Gasteiger partial charge >= 0.3 is 0 Å². The number of nitrogens with one attached hydrogen (secondary N) is 3. The maximum absolute atomic E-state index is 11.8. The Labute approximate surface area is 167 Å². The molecule has 0 bridgehead atoms. The first kappa shape index (κ1) is 21.7. The van der Waals surface area contributed by atoms with Crippen LogP contribution in [-0.4, -0.2) is 35.1 Å². The van der Waals surface area contributed by atoms with Crippen molar-refractivity contribution in [3.8, 4) is 5.75 Å². The number of sulfonamides is 1. The van der Waals surface area contributed by atoms with Crippen LogP contribution in [0.3, 0.4) is 0 Å². The minimum absolute atomic E-state index is 0.240. The Bertz CT molecular complexity index is 910. The van der Waals surface area contributed by atoms with E-state index < -0.39 is 10.0 Å². The minimum atomic E-state index is -3.42. The van der Waals surface area contributed by atoms with Crippen molar-refractivity contribution in [2.24, 2.45) is 4.99 Å². The van der Waals surface area contributed by atoms with Gasteiger partial charge in [0.15, 0.2) is 5.96 Å². The van der Waals surface area contributed by atoms with E-state index in [9.17, 15) is 8.42 Å². The highest BCUT2D eigenvalue weighted by atomic mass is 32.2. The van der Waals surface area contributed by atoms with E-state index in [0.717, 1.165) is 22.4 Å². The molecule has 0 fully saturated rings. The summed E-state index contributed by atoms with van der Waals surface area (Å²) in [5, 5.41) is 6.50. The zero-order chi connectivity index (χ0) is 20.6. The zero-order valence-electron chi connectivity index (χ0n) is 16.7. The summed E-state index contributed by atoms with van der Waals surface area (Å²) in [6.07, 6.45) is 0. The van der Waals surface area contributed by atoms with Crippen LogP contribution in [-0.2, 0) is 23.1 Å². The molecule has 0 spiro atoms. The third kappa shape index (κ3) is 5.97. The molecule has 0 radical (unpaired) electrons. The summed E-state index contributed by atoms with van der Waals surface area (Å²) in [5.41, 5.74) is 3.15. The Hall–Kier alpha value is -2.58. The Kier molecular flexibility index (Phi) is 7.83. The lowest BCUT2D eigenvalue weighted by atomic mass is 10.1. The lowest BCUT2D eigenvalue weighted by Crippen LogP contribution is -2.36. The van der Waals surface area contributed by atoms with E-state index in [1.165, 1.54) is 7.05 Å². The second-order valence-electron chi connectivity index (χ2n) is 6.18. The number of ether oxygens (including phenoxy) is 1. The molecular formula is C20H28N4O3S. The molecule has 0 amide bonds. The number of rotatable bonds is 8. The van der Waals surface area contributed by atoms with Gasteiger partial charge in [-0.15, -0.1) is 0 Å². The molecule has 2 aromatic rings. The van der Waals surface area contributed by atoms with Crippen LogP contribution in [0.1, 0.15) is 23.6 Å². The van der Waals surface area contributed by atoms with Crippen LogP contribution in [0.2, 0.25) is 0 Å². The fraction of sp³-hybridized carbons (Fsp3) is 0.350. The third-order valence-corrected chi connectivity index (χ3v) is 5.58. The molecule has 0 aliphatic heterocycles. The van der Waals surface area contributed by atoms with Gasteiger partial charge in [0, 0.05) is 25.7 Å². The van der Waals surface area contributed by atoms with E-state index in [0.29, 0.717) is 25.7 Å². The fourth-order valence-corrected chi connectivity index (χ4v) is 3.32. The summed E-state index contributed by atoms with van der Waals surface area (Å²) >= 11 is 0. The average molecular weight is 405 g/mol. The summed E-state index contributed by atoms with van der Waals surface area (Å²) in [7, 11) is -0.321. The lowest BCUT2D eigenvalue weighted by Gasteiger charge is -2.15. The summed E-state index contributed by atoms with van der Waals surface area (Å²) < 4.78 is 31.6. The molecule has 0 aliphatic carbocycles. The van der Waals surface area contributed by atoms with E-state index >= 15 is 0 Å². The number of nitrogens with zero attached hydrogens (tertiary/aromatic N) is 1. The highest BCUT2D eigenvalue weighted by molar-refractivity contribution is 7.89. The summed E-state index contributed by atoms with van der Waals surface area (Å²) in [6, 6.07) is 12.8.